The van der Waals surface area contributed by atoms with Crippen molar-refractivity contribution in [3.63, 3.8) is 0 Å². The number of benzene rings is 2. The molecule has 102 valence electrons. The predicted molar refractivity (Wildman–Crippen MR) is 82.0 cm³/mol. The number of hydrazone groups is 1. The Morgan fingerprint density at radius 1 is 1.05 bits per heavy atom. The van der Waals surface area contributed by atoms with Crippen LogP contribution < -0.4 is 5.43 Å². The fourth-order valence-corrected chi connectivity index (χ4v) is 1.79. The van der Waals surface area contributed by atoms with E-state index in [0.29, 0.717) is 11.5 Å². The zero-order chi connectivity index (χ0) is 14.4. The van der Waals surface area contributed by atoms with Crippen LogP contribution in [-0.4, -0.2) is 12.1 Å². The first kappa shape index (κ1) is 14.0. The lowest BCUT2D eigenvalue weighted by atomic mass is 10.0. The van der Waals surface area contributed by atoms with Crippen molar-refractivity contribution in [2.75, 3.05) is 0 Å². The number of nitrogens with one attached hydrogen (secondary N) is 1. The standard InChI is InChI=1S/C17H18N2O/c1-13(2)15-10-8-14(9-11-15)12-18-19-17(20)16-6-4-3-5-7-16/h3-13H,1-2H3,(H,19,20)/b18-12+. The lowest BCUT2D eigenvalue weighted by Crippen LogP contribution is -2.17. The first-order valence-electron chi connectivity index (χ1n) is 6.65. The number of hydrogen-bond donors (Lipinski definition) is 1. The maximum absolute atomic E-state index is 11.8. The van der Waals surface area contributed by atoms with E-state index in [9.17, 15) is 4.79 Å². The summed E-state index contributed by atoms with van der Waals surface area (Å²) in [5, 5.41) is 3.97. The number of amides is 1. The SMILES string of the molecule is CC(C)c1ccc(/C=N/NC(=O)c2ccccc2)cc1. The molecule has 20 heavy (non-hydrogen) atoms. The number of carbonyl (C=O) groups excluding carboxylic acids is 1. The van der Waals surface area contributed by atoms with Crippen LogP contribution in [0.1, 0.15) is 41.3 Å². The van der Waals surface area contributed by atoms with E-state index >= 15 is 0 Å². The molecule has 2 rings (SSSR count). The molecule has 2 aromatic rings. The highest BCUT2D eigenvalue weighted by Crippen LogP contribution is 2.13. The number of nitrogens with zero attached hydrogens (tertiary/aromatic N) is 1. The molecule has 0 radical (unpaired) electrons. The summed E-state index contributed by atoms with van der Waals surface area (Å²) in [4.78, 5) is 11.8. The minimum Gasteiger partial charge on any atom is -0.267 e. The van der Waals surface area contributed by atoms with Crippen LogP contribution in [0.3, 0.4) is 0 Å². The minimum absolute atomic E-state index is 0.208. The molecule has 0 fully saturated rings. The number of rotatable bonds is 4. The van der Waals surface area contributed by atoms with Crippen LogP contribution in [0.15, 0.2) is 59.7 Å². The van der Waals surface area contributed by atoms with Gasteiger partial charge in [-0.25, -0.2) is 5.43 Å². The zero-order valence-corrected chi connectivity index (χ0v) is 11.7. The molecule has 0 aliphatic carbocycles. The van der Waals surface area contributed by atoms with Gasteiger partial charge in [0.15, 0.2) is 0 Å². The van der Waals surface area contributed by atoms with Crippen molar-refractivity contribution >= 4 is 12.1 Å². The van der Waals surface area contributed by atoms with E-state index in [1.54, 1.807) is 18.3 Å². The summed E-state index contributed by atoms with van der Waals surface area (Å²) in [6, 6.07) is 17.2. The van der Waals surface area contributed by atoms with Gasteiger partial charge in [-0.15, -0.1) is 0 Å². The van der Waals surface area contributed by atoms with Gasteiger partial charge in [-0.2, -0.15) is 5.10 Å². The van der Waals surface area contributed by atoms with Gasteiger partial charge in [-0.1, -0.05) is 56.3 Å². The fraction of sp³-hybridized carbons (Fsp3) is 0.176. The van der Waals surface area contributed by atoms with E-state index in [1.165, 1.54) is 5.56 Å². The summed E-state index contributed by atoms with van der Waals surface area (Å²) in [7, 11) is 0. The molecule has 1 amide bonds. The average molecular weight is 266 g/mol. The first-order valence-corrected chi connectivity index (χ1v) is 6.65. The third-order valence-corrected chi connectivity index (χ3v) is 3.02. The van der Waals surface area contributed by atoms with Gasteiger partial charge < -0.3 is 0 Å². The normalized spacial score (nSPS) is 10.9. The molecule has 0 unspecified atom stereocenters. The summed E-state index contributed by atoms with van der Waals surface area (Å²) in [5.74, 6) is 0.305. The highest BCUT2D eigenvalue weighted by molar-refractivity contribution is 5.94. The second kappa shape index (κ2) is 6.66. The molecular weight excluding hydrogens is 248 g/mol. The summed E-state index contributed by atoms with van der Waals surface area (Å²) in [5.41, 5.74) is 5.36. The minimum atomic E-state index is -0.208. The van der Waals surface area contributed by atoms with Crippen molar-refractivity contribution in [3.05, 3.63) is 71.3 Å². The Hall–Kier alpha value is -2.42. The highest BCUT2D eigenvalue weighted by atomic mass is 16.2. The van der Waals surface area contributed by atoms with Gasteiger partial charge in [0.1, 0.15) is 0 Å². The van der Waals surface area contributed by atoms with Crippen LogP contribution in [-0.2, 0) is 0 Å². The lowest BCUT2D eigenvalue weighted by molar-refractivity contribution is 0.0955. The van der Waals surface area contributed by atoms with Gasteiger partial charge in [0.05, 0.1) is 6.21 Å². The molecule has 0 heterocycles. The molecule has 3 nitrogen and oxygen atoms in total. The summed E-state index contributed by atoms with van der Waals surface area (Å²) in [6.45, 7) is 4.31. The van der Waals surface area contributed by atoms with Crippen molar-refractivity contribution in [3.8, 4) is 0 Å². The Bertz CT molecular complexity index is 586. The van der Waals surface area contributed by atoms with Crippen LogP contribution in [0.25, 0.3) is 0 Å². The third-order valence-electron chi connectivity index (χ3n) is 3.02. The smallest absolute Gasteiger partial charge is 0.267 e. The van der Waals surface area contributed by atoms with E-state index in [4.69, 9.17) is 0 Å². The summed E-state index contributed by atoms with van der Waals surface area (Å²) in [6.07, 6.45) is 1.64. The Labute approximate surface area is 119 Å². The number of hydrogen-bond acceptors (Lipinski definition) is 2. The topological polar surface area (TPSA) is 41.5 Å². The Morgan fingerprint density at radius 3 is 2.30 bits per heavy atom. The molecule has 0 aliphatic rings. The van der Waals surface area contributed by atoms with Crippen LogP contribution in [0.2, 0.25) is 0 Å². The van der Waals surface area contributed by atoms with Crippen LogP contribution in [0.5, 0.6) is 0 Å². The van der Waals surface area contributed by atoms with Crippen LogP contribution in [0, 0.1) is 0 Å². The van der Waals surface area contributed by atoms with Gasteiger partial charge >= 0.3 is 0 Å². The van der Waals surface area contributed by atoms with Crippen LogP contribution >= 0.6 is 0 Å². The average Bonchev–Trinajstić information content (AvgIpc) is 2.48. The molecule has 3 heteroatoms. The Kier molecular flexibility index (Phi) is 4.66. The van der Waals surface area contributed by atoms with Crippen molar-refractivity contribution in [1.82, 2.24) is 5.43 Å². The van der Waals surface area contributed by atoms with Gasteiger partial charge in [0, 0.05) is 5.56 Å². The maximum atomic E-state index is 11.8. The van der Waals surface area contributed by atoms with E-state index in [-0.39, 0.29) is 5.91 Å². The Balaban J connectivity index is 1.95. The molecular formula is C17H18N2O. The quantitative estimate of drug-likeness (QED) is 0.667. The molecule has 2 aromatic carbocycles. The third kappa shape index (κ3) is 3.79. The van der Waals surface area contributed by atoms with E-state index in [0.717, 1.165) is 5.56 Å². The predicted octanol–water partition coefficient (Wildman–Crippen LogP) is 3.57. The second-order valence-corrected chi connectivity index (χ2v) is 4.89. The second-order valence-electron chi connectivity index (χ2n) is 4.89. The number of carbonyl (C=O) groups is 1. The van der Waals surface area contributed by atoms with E-state index in [1.807, 2.05) is 30.3 Å². The molecule has 0 spiro atoms. The van der Waals surface area contributed by atoms with E-state index in [2.05, 4.69) is 36.5 Å². The van der Waals surface area contributed by atoms with Crippen molar-refractivity contribution in [2.45, 2.75) is 19.8 Å². The fourth-order valence-electron chi connectivity index (χ4n) is 1.79. The molecule has 0 aromatic heterocycles. The van der Waals surface area contributed by atoms with Gasteiger partial charge in [0.25, 0.3) is 5.91 Å². The molecule has 0 aliphatic heterocycles. The largest absolute Gasteiger partial charge is 0.271 e. The lowest BCUT2D eigenvalue weighted by Gasteiger charge is -2.04. The zero-order valence-electron chi connectivity index (χ0n) is 11.7. The molecule has 0 bridgehead atoms. The van der Waals surface area contributed by atoms with Gasteiger partial charge in [-0.05, 0) is 29.2 Å². The molecule has 1 N–H and O–H groups in total. The summed E-state index contributed by atoms with van der Waals surface area (Å²) < 4.78 is 0. The molecule has 0 saturated carbocycles. The van der Waals surface area contributed by atoms with Gasteiger partial charge in [0.2, 0.25) is 0 Å². The van der Waals surface area contributed by atoms with Crippen molar-refractivity contribution < 1.29 is 4.79 Å². The first-order chi connectivity index (χ1) is 9.66. The monoisotopic (exact) mass is 266 g/mol. The Morgan fingerprint density at radius 2 is 1.70 bits per heavy atom. The van der Waals surface area contributed by atoms with E-state index < -0.39 is 0 Å². The van der Waals surface area contributed by atoms with Crippen molar-refractivity contribution in [1.29, 1.82) is 0 Å². The van der Waals surface area contributed by atoms with Crippen molar-refractivity contribution in [2.24, 2.45) is 5.10 Å². The van der Waals surface area contributed by atoms with Crippen LogP contribution in [0.4, 0.5) is 0 Å². The molecule has 0 atom stereocenters. The molecule has 0 saturated heterocycles. The van der Waals surface area contributed by atoms with Gasteiger partial charge in [-0.3, -0.25) is 4.79 Å². The highest BCUT2D eigenvalue weighted by Gasteiger charge is 2.01. The summed E-state index contributed by atoms with van der Waals surface area (Å²) >= 11 is 0. The maximum Gasteiger partial charge on any atom is 0.271 e.